The fraction of sp³-hybridized carbons (Fsp3) is 0.364. The largest absolute Gasteiger partial charge is 0.396 e. The van der Waals surface area contributed by atoms with E-state index in [2.05, 4.69) is 4.98 Å². The number of fused-ring (bicyclic) bond motifs is 1. The van der Waals surface area contributed by atoms with Crippen LogP contribution in [0.4, 0.5) is 5.69 Å². The zero-order valence-electron chi connectivity index (χ0n) is 10.4. The van der Waals surface area contributed by atoms with Crippen molar-refractivity contribution >= 4 is 38.2 Å². The summed E-state index contributed by atoms with van der Waals surface area (Å²) in [7, 11) is -3.42. The molecule has 0 unspecified atom stereocenters. The zero-order valence-corrected chi connectivity index (χ0v) is 11.9. The van der Waals surface area contributed by atoms with Crippen LogP contribution in [0.1, 0.15) is 12.7 Å². The molecule has 1 aromatic heterocycles. The quantitative estimate of drug-likeness (QED) is 0.857. The van der Waals surface area contributed by atoms with Crippen molar-refractivity contribution in [1.29, 1.82) is 0 Å². The molecular weight excluding hydrogens is 274 g/mol. The van der Waals surface area contributed by atoms with Crippen molar-refractivity contribution in [3.8, 4) is 0 Å². The Morgan fingerprint density at radius 2 is 2.11 bits per heavy atom. The zero-order chi connectivity index (χ0) is 13.7. The third kappa shape index (κ3) is 1.85. The van der Waals surface area contributed by atoms with Crippen LogP contribution in [-0.2, 0) is 16.4 Å². The summed E-state index contributed by atoms with van der Waals surface area (Å²) in [6.45, 7) is 4.50. The van der Waals surface area contributed by atoms with Crippen LogP contribution >= 0.6 is 11.6 Å². The molecular formula is C11H14ClN3O2S. The minimum absolute atomic E-state index is 0.0231. The first kappa shape index (κ1) is 13.2. The molecule has 2 N–H and O–H groups in total. The molecule has 98 valence electrons. The van der Waals surface area contributed by atoms with Gasteiger partial charge in [0.25, 0.3) is 0 Å². The first-order valence-corrected chi connectivity index (χ1v) is 7.69. The summed E-state index contributed by atoms with van der Waals surface area (Å²) in [5.41, 5.74) is 7.45. The van der Waals surface area contributed by atoms with Crippen molar-refractivity contribution in [3.05, 3.63) is 16.9 Å². The maximum Gasteiger partial charge on any atom is 0.177 e. The summed E-state index contributed by atoms with van der Waals surface area (Å²) in [6.07, 6.45) is 1.10. The SMILES string of the molecule is CCn1c(C)nc2cc(S(C)(=O)=O)c(Cl)c(N)c21. The van der Waals surface area contributed by atoms with E-state index >= 15 is 0 Å². The van der Waals surface area contributed by atoms with Crippen molar-refractivity contribution in [2.24, 2.45) is 0 Å². The molecule has 0 amide bonds. The first-order valence-electron chi connectivity index (χ1n) is 5.42. The molecule has 0 bridgehead atoms. The number of nitrogen functional groups attached to an aromatic ring is 1. The molecule has 0 radical (unpaired) electrons. The number of sulfone groups is 1. The van der Waals surface area contributed by atoms with Gasteiger partial charge in [-0.25, -0.2) is 13.4 Å². The van der Waals surface area contributed by atoms with Gasteiger partial charge in [-0.15, -0.1) is 0 Å². The van der Waals surface area contributed by atoms with E-state index in [1.54, 1.807) is 0 Å². The number of aromatic nitrogens is 2. The highest BCUT2D eigenvalue weighted by molar-refractivity contribution is 7.90. The molecule has 5 nitrogen and oxygen atoms in total. The fourth-order valence-electron chi connectivity index (χ4n) is 2.05. The topological polar surface area (TPSA) is 78.0 Å². The first-order chi connectivity index (χ1) is 8.27. The second kappa shape index (κ2) is 4.13. The van der Waals surface area contributed by atoms with Gasteiger partial charge in [-0.2, -0.15) is 0 Å². The Bertz CT molecular complexity index is 735. The van der Waals surface area contributed by atoms with Gasteiger partial charge in [0.2, 0.25) is 0 Å². The minimum atomic E-state index is -3.42. The monoisotopic (exact) mass is 287 g/mol. The number of anilines is 1. The van der Waals surface area contributed by atoms with Crippen LogP contribution in [0, 0.1) is 6.92 Å². The van der Waals surface area contributed by atoms with Gasteiger partial charge in [0, 0.05) is 12.8 Å². The third-order valence-electron chi connectivity index (χ3n) is 2.88. The van der Waals surface area contributed by atoms with E-state index in [4.69, 9.17) is 17.3 Å². The summed E-state index contributed by atoms with van der Waals surface area (Å²) in [6, 6.07) is 1.47. The van der Waals surface area contributed by atoms with Crippen LogP contribution in [0.25, 0.3) is 11.0 Å². The van der Waals surface area contributed by atoms with Crippen molar-refractivity contribution in [3.63, 3.8) is 0 Å². The number of hydrogen-bond acceptors (Lipinski definition) is 4. The lowest BCUT2D eigenvalue weighted by atomic mass is 10.2. The number of halogens is 1. The molecule has 0 saturated heterocycles. The number of hydrogen-bond donors (Lipinski definition) is 1. The molecule has 7 heteroatoms. The van der Waals surface area contributed by atoms with Crippen molar-refractivity contribution < 1.29 is 8.42 Å². The summed E-state index contributed by atoms with van der Waals surface area (Å²) in [4.78, 5) is 4.34. The molecule has 2 aromatic rings. The Morgan fingerprint density at radius 3 is 2.61 bits per heavy atom. The van der Waals surface area contributed by atoms with E-state index in [9.17, 15) is 8.42 Å². The molecule has 0 fully saturated rings. The lowest BCUT2D eigenvalue weighted by molar-refractivity contribution is 0.602. The van der Waals surface area contributed by atoms with Crippen molar-refractivity contribution in [1.82, 2.24) is 9.55 Å². The number of nitrogens with zero attached hydrogens (tertiary/aromatic N) is 2. The van der Waals surface area contributed by atoms with Crippen LogP contribution in [0.15, 0.2) is 11.0 Å². The molecule has 2 rings (SSSR count). The van der Waals surface area contributed by atoms with Crippen LogP contribution < -0.4 is 5.73 Å². The Balaban J connectivity index is 2.97. The molecule has 18 heavy (non-hydrogen) atoms. The second-order valence-corrected chi connectivity index (χ2v) is 6.51. The molecule has 1 aromatic carbocycles. The number of imidazole rings is 1. The van der Waals surface area contributed by atoms with E-state index < -0.39 is 9.84 Å². The van der Waals surface area contributed by atoms with Gasteiger partial charge in [-0.3, -0.25) is 0 Å². The molecule has 0 aliphatic heterocycles. The maximum absolute atomic E-state index is 11.6. The van der Waals surface area contributed by atoms with Gasteiger partial charge in [-0.1, -0.05) is 11.6 Å². The molecule has 0 saturated carbocycles. The van der Waals surface area contributed by atoms with Crippen molar-refractivity contribution in [2.45, 2.75) is 25.3 Å². The van der Waals surface area contributed by atoms with E-state index in [-0.39, 0.29) is 15.6 Å². The Hall–Kier alpha value is -1.27. The molecule has 0 aliphatic carbocycles. The fourth-order valence-corrected chi connectivity index (χ4v) is 3.38. The van der Waals surface area contributed by atoms with Gasteiger partial charge in [0.1, 0.15) is 5.82 Å². The van der Waals surface area contributed by atoms with E-state index in [1.165, 1.54) is 6.07 Å². The van der Waals surface area contributed by atoms with Gasteiger partial charge in [0.15, 0.2) is 9.84 Å². The summed E-state index contributed by atoms with van der Waals surface area (Å²) >= 11 is 6.05. The predicted octanol–water partition coefficient (Wildman–Crippen LogP) is 2.00. The summed E-state index contributed by atoms with van der Waals surface area (Å²) in [5, 5.41) is 0.0691. The number of aryl methyl sites for hydroxylation is 2. The van der Waals surface area contributed by atoms with Crippen molar-refractivity contribution in [2.75, 3.05) is 12.0 Å². The van der Waals surface area contributed by atoms with Crippen LogP contribution in [-0.4, -0.2) is 24.2 Å². The summed E-state index contributed by atoms with van der Waals surface area (Å²) < 4.78 is 25.2. The predicted molar refractivity (Wildman–Crippen MR) is 72.7 cm³/mol. The Morgan fingerprint density at radius 1 is 1.50 bits per heavy atom. The summed E-state index contributed by atoms with van der Waals surface area (Å²) in [5.74, 6) is 0.779. The normalized spacial score (nSPS) is 12.2. The number of benzene rings is 1. The lowest BCUT2D eigenvalue weighted by Crippen LogP contribution is -2.04. The smallest absolute Gasteiger partial charge is 0.177 e. The number of nitrogens with two attached hydrogens (primary N) is 1. The molecule has 1 heterocycles. The second-order valence-electron chi connectivity index (χ2n) is 4.15. The highest BCUT2D eigenvalue weighted by Gasteiger charge is 2.20. The minimum Gasteiger partial charge on any atom is -0.396 e. The highest BCUT2D eigenvalue weighted by atomic mass is 35.5. The standard InChI is InChI=1S/C11H14ClN3O2S/c1-4-15-6(2)14-7-5-8(18(3,16)17)9(12)10(13)11(7)15/h5H,4,13H2,1-3H3. The third-order valence-corrected chi connectivity index (χ3v) is 4.52. The van der Waals surface area contributed by atoms with Gasteiger partial charge in [-0.05, 0) is 19.9 Å². The Labute approximate surface area is 110 Å². The lowest BCUT2D eigenvalue weighted by Gasteiger charge is -2.09. The molecule has 0 atom stereocenters. The molecule has 0 aliphatic rings. The van der Waals surface area contributed by atoms with E-state index in [0.717, 1.165) is 12.1 Å². The average Bonchev–Trinajstić information content (AvgIpc) is 2.58. The van der Waals surface area contributed by atoms with Gasteiger partial charge < -0.3 is 10.3 Å². The highest BCUT2D eigenvalue weighted by Crippen LogP contribution is 2.35. The maximum atomic E-state index is 11.6. The average molecular weight is 288 g/mol. The van der Waals surface area contributed by atoms with E-state index in [1.807, 2.05) is 18.4 Å². The van der Waals surface area contributed by atoms with Gasteiger partial charge >= 0.3 is 0 Å². The van der Waals surface area contributed by atoms with Crippen LogP contribution in [0.3, 0.4) is 0 Å². The van der Waals surface area contributed by atoms with Gasteiger partial charge in [0.05, 0.1) is 26.6 Å². The number of rotatable bonds is 2. The van der Waals surface area contributed by atoms with E-state index in [0.29, 0.717) is 17.6 Å². The van der Waals surface area contributed by atoms with Crippen LogP contribution in [0.2, 0.25) is 5.02 Å². The molecule has 0 spiro atoms. The van der Waals surface area contributed by atoms with Crippen LogP contribution in [0.5, 0.6) is 0 Å². The Kier molecular flexibility index (Phi) is 3.03.